The maximum Gasteiger partial charge on any atom is 0.254 e. The molecule has 4 nitrogen and oxygen atoms in total. The summed E-state index contributed by atoms with van der Waals surface area (Å²) in [7, 11) is 0. The van der Waals surface area contributed by atoms with Gasteiger partial charge in [-0.2, -0.15) is 0 Å². The van der Waals surface area contributed by atoms with Gasteiger partial charge in [-0.3, -0.25) is 4.79 Å². The van der Waals surface area contributed by atoms with Crippen molar-refractivity contribution in [2.45, 2.75) is 32.4 Å². The van der Waals surface area contributed by atoms with E-state index >= 15 is 0 Å². The summed E-state index contributed by atoms with van der Waals surface area (Å²) in [4.78, 5) is 15.0. The first-order chi connectivity index (χ1) is 12.7. The van der Waals surface area contributed by atoms with Crippen molar-refractivity contribution < 1.29 is 13.9 Å². The molecule has 0 radical (unpaired) electrons. The van der Waals surface area contributed by atoms with Gasteiger partial charge in [0.15, 0.2) is 0 Å². The molecular formula is C21H26ClFN2O2. The Balaban J connectivity index is 0.00000261. The van der Waals surface area contributed by atoms with E-state index in [1.807, 2.05) is 29.2 Å². The van der Waals surface area contributed by atoms with E-state index in [4.69, 9.17) is 4.74 Å². The Kier molecular flexibility index (Phi) is 8.07. The van der Waals surface area contributed by atoms with Crippen molar-refractivity contribution in [2.75, 3.05) is 19.6 Å². The van der Waals surface area contributed by atoms with Crippen LogP contribution in [0.25, 0.3) is 0 Å². The average Bonchev–Trinajstić information content (AvgIpc) is 3.19. The fraction of sp³-hybridized carbons (Fsp3) is 0.381. The molecule has 1 amide bonds. The van der Waals surface area contributed by atoms with Crippen molar-refractivity contribution >= 4 is 18.3 Å². The number of carbonyl (C=O) groups excluding carboxylic acids is 1. The van der Waals surface area contributed by atoms with Crippen molar-refractivity contribution in [3.63, 3.8) is 0 Å². The zero-order valence-corrected chi connectivity index (χ0v) is 16.3. The summed E-state index contributed by atoms with van der Waals surface area (Å²) < 4.78 is 18.9. The standard InChI is InChI=1S/C21H25FN2O2.ClH/c1-2-11-24(19-9-10-23-14-19)21(25)17-6-3-5-16(12-17)15-26-20-8-4-7-18(22)13-20;/h3-8,12-13,19,23H,2,9-11,14-15H2,1H3;1H. The Hall–Kier alpha value is -2.11. The van der Waals surface area contributed by atoms with Gasteiger partial charge in [0, 0.05) is 30.8 Å². The molecule has 1 heterocycles. The van der Waals surface area contributed by atoms with Gasteiger partial charge in [-0.1, -0.05) is 25.1 Å². The van der Waals surface area contributed by atoms with Gasteiger partial charge in [-0.05, 0) is 49.2 Å². The molecule has 0 aromatic heterocycles. The smallest absolute Gasteiger partial charge is 0.254 e. The number of amides is 1. The van der Waals surface area contributed by atoms with Crippen LogP contribution in [0, 0.1) is 5.82 Å². The molecule has 1 aliphatic heterocycles. The predicted octanol–water partition coefficient (Wildman–Crippen LogP) is 4.04. The first-order valence-corrected chi connectivity index (χ1v) is 9.16. The lowest BCUT2D eigenvalue weighted by atomic mass is 10.1. The minimum Gasteiger partial charge on any atom is -0.489 e. The normalized spacial score (nSPS) is 15.9. The van der Waals surface area contributed by atoms with Gasteiger partial charge in [0.1, 0.15) is 18.2 Å². The van der Waals surface area contributed by atoms with E-state index in [9.17, 15) is 9.18 Å². The van der Waals surface area contributed by atoms with Crippen LogP contribution in [0.1, 0.15) is 35.7 Å². The molecule has 3 rings (SSSR count). The number of nitrogens with zero attached hydrogens (tertiary/aromatic N) is 1. The molecule has 146 valence electrons. The topological polar surface area (TPSA) is 41.6 Å². The summed E-state index contributed by atoms with van der Waals surface area (Å²) >= 11 is 0. The van der Waals surface area contributed by atoms with Crippen LogP contribution in [0.2, 0.25) is 0 Å². The van der Waals surface area contributed by atoms with E-state index < -0.39 is 0 Å². The number of nitrogens with one attached hydrogen (secondary N) is 1. The third kappa shape index (κ3) is 5.68. The summed E-state index contributed by atoms with van der Waals surface area (Å²) in [6.07, 6.45) is 1.93. The van der Waals surface area contributed by atoms with Crippen molar-refractivity contribution in [3.8, 4) is 5.75 Å². The largest absolute Gasteiger partial charge is 0.489 e. The molecule has 0 aliphatic carbocycles. The molecule has 0 bridgehead atoms. The van der Waals surface area contributed by atoms with Crippen LogP contribution in [0.3, 0.4) is 0 Å². The summed E-state index contributed by atoms with van der Waals surface area (Å²) in [6, 6.07) is 13.8. The number of carbonyl (C=O) groups is 1. The number of benzene rings is 2. The monoisotopic (exact) mass is 392 g/mol. The Morgan fingerprint density at radius 2 is 2.07 bits per heavy atom. The number of ether oxygens (including phenoxy) is 1. The van der Waals surface area contributed by atoms with E-state index in [2.05, 4.69) is 12.2 Å². The van der Waals surface area contributed by atoms with E-state index in [-0.39, 0.29) is 30.2 Å². The van der Waals surface area contributed by atoms with Crippen LogP contribution in [0.5, 0.6) is 5.75 Å². The summed E-state index contributed by atoms with van der Waals surface area (Å²) in [5.41, 5.74) is 1.56. The van der Waals surface area contributed by atoms with Crippen molar-refractivity contribution in [1.29, 1.82) is 0 Å². The lowest BCUT2D eigenvalue weighted by Crippen LogP contribution is -2.42. The van der Waals surface area contributed by atoms with Gasteiger partial charge >= 0.3 is 0 Å². The highest BCUT2D eigenvalue weighted by molar-refractivity contribution is 5.94. The van der Waals surface area contributed by atoms with Crippen LogP contribution in [-0.4, -0.2) is 36.5 Å². The summed E-state index contributed by atoms with van der Waals surface area (Å²) in [5, 5.41) is 3.33. The molecule has 1 saturated heterocycles. The van der Waals surface area contributed by atoms with Crippen molar-refractivity contribution in [3.05, 3.63) is 65.5 Å². The highest BCUT2D eigenvalue weighted by Crippen LogP contribution is 2.17. The number of hydrogen-bond acceptors (Lipinski definition) is 3. The van der Waals surface area contributed by atoms with Crippen molar-refractivity contribution in [1.82, 2.24) is 10.2 Å². The van der Waals surface area contributed by atoms with Gasteiger partial charge in [0.25, 0.3) is 5.91 Å². The molecule has 6 heteroatoms. The van der Waals surface area contributed by atoms with E-state index in [1.165, 1.54) is 12.1 Å². The molecule has 27 heavy (non-hydrogen) atoms. The second-order valence-electron chi connectivity index (χ2n) is 6.59. The van der Waals surface area contributed by atoms with Gasteiger partial charge in [-0.25, -0.2) is 4.39 Å². The minimum absolute atomic E-state index is 0. The van der Waals surface area contributed by atoms with Crippen LogP contribution in [0.4, 0.5) is 4.39 Å². The van der Waals surface area contributed by atoms with Crippen molar-refractivity contribution in [2.24, 2.45) is 0 Å². The molecule has 2 aromatic rings. The minimum atomic E-state index is -0.327. The van der Waals surface area contributed by atoms with Gasteiger partial charge < -0.3 is 15.0 Å². The third-order valence-corrected chi connectivity index (χ3v) is 4.58. The zero-order chi connectivity index (χ0) is 18.4. The number of hydrogen-bond donors (Lipinski definition) is 1. The van der Waals surface area contributed by atoms with Crippen LogP contribution in [0.15, 0.2) is 48.5 Å². The molecule has 2 aromatic carbocycles. The SMILES string of the molecule is CCCN(C(=O)c1cccc(COc2cccc(F)c2)c1)C1CCNC1.Cl. The molecule has 0 saturated carbocycles. The predicted molar refractivity (Wildman–Crippen MR) is 107 cm³/mol. The Morgan fingerprint density at radius 3 is 2.78 bits per heavy atom. The lowest BCUT2D eigenvalue weighted by molar-refractivity contribution is 0.0692. The summed E-state index contributed by atoms with van der Waals surface area (Å²) in [6.45, 7) is 4.96. The van der Waals surface area contributed by atoms with Crippen LogP contribution >= 0.6 is 12.4 Å². The fourth-order valence-corrected chi connectivity index (χ4v) is 3.28. The molecule has 1 N–H and O–H groups in total. The lowest BCUT2D eigenvalue weighted by Gasteiger charge is -2.28. The Morgan fingerprint density at radius 1 is 1.26 bits per heavy atom. The first kappa shape index (κ1) is 21.2. The maximum absolute atomic E-state index is 13.2. The molecule has 1 unspecified atom stereocenters. The first-order valence-electron chi connectivity index (χ1n) is 9.16. The van der Waals surface area contributed by atoms with E-state index in [1.54, 1.807) is 12.1 Å². The van der Waals surface area contributed by atoms with Gasteiger partial charge in [0.05, 0.1) is 0 Å². The zero-order valence-electron chi connectivity index (χ0n) is 15.5. The molecule has 1 atom stereocenters. The molecule has 0 spiro atoms. The summed E-state index contributed by atoms with van der Waals surface area (Å²) in [5.74, 6) is 0.214. The number of rotatable bonds is 7. The fourth-order valence-electron chi connectivity index (χ4n) is 3.28. The highest BCUT2D eigenvalue weighted by Gasteiger charge is 2.26. The second-order valence-corrected chi connectivity index (χ2v) is 6.59. The highest BCUT2D eigenvalue weighted by atomic mass is 35.5. The Labute approximate surface area is 166 Å². The second kappa shape index (κ2) is 10.3. The van der Waals surface area contributed by atoms with Gasteiger partial charge in [-0.15, -0.1) is 12.4 Å². The van der Waals surface area contributed by atoms with E-state index in [0.29, 0.717) is 17.9 Å². The van der Waals surface area contributed by atoms with Crippen LogP contribution in [-0.2, 0) is 6.61 Å². The molecular weight excluding hydrogens is 367 g/mol. The maximum atomic E-state index is 13.2. The molecule has 1 fully saturated rings. The van der Waals surface area contributed by atoms with Crippen LogP contribution < -0.4 is 10.1 Å². The van der Waals surface area contributed by atoms with E-state index in [0.717, 1.165) is 38.0 Å². The third-order valence-electron chi connectivity index (χ3n) is 4.58. The number of halogens is 2. The molecule has 1 aliphatic rings. The Bertz CT molecular complexity index is 750. The average molecular weight is 393 g/mol. The quantitative estimate of drug-likeness (QED) is 0.773. The van der Waals surface area contributed by atoms with Gasteiger partial charge in [0.2, 0.25) is 0 Å².